The molecule has 0 atom stereocenters. The standard InChI is InChI=1S/C18H28N2OSi/c1-18(2)12-16(11-17(21)13-18)19-20(22(3,4)5)14-15-9-7-6-8-10-15/h6-10H,11-14H2,1-5H3/b19-16+. The third kappa shape index (κ3) is 4.80. The zero-order chi connectivity index (χ0) is 16.4. The molecule has 1 aliphatic rings. The highest BCUT2D eigenvalue weighted by atomic mass is 28.3. The van der Waals surface area contributed by atoms with Gasteiger partial charge in [0.15, 0.2) is 8.24 Å². The number of nitrogens with zero attached hydrogens (tertiary/aromatic N) is 2. The first-order chi connectivity index (χ1) is 10.2. The van der Waals surface area contributed by atoms with E-state index in [0.717, 1.165) is 18.7 Å². The summed E-state index contributed by atoms with van der Waals surface area (Å²) in [6.45, 7) is 12.1. The Labute approximate surface area is 135 Å². The van der Waals surface area contributed by atoms with Gasteiger partial charge >= 0.3 is 0 Å². The van der Waals surface area contributed by atoms with Crippen molar-refractivity contribution in [1.82, 2.24) is 4.67 Å². The summed E-state index contributed by atoms with van der Waals surface area (Å²) in [6, 6.07) is 10.5. The second-order valence-electron chi connectivity index (χ2n) is 8.11. The lowest BCUT2D eigenvalue weighted by Crippen LogP contribution is -2.43. The number of Topliss-reactive ketones (excluding diaryl/α,β-unsaturated/α-hetero) is 1. The van der Waals surface area contributed by atoms with E-state index >= 15 is 0 Å². The van der Waals surface area contributed by atoms with Crippen LogP contribution in [0.3, 0.4) is 0 Å². The van der Waals surface area contributed by atoms with E-state index in [9.17, 15) is 4.79 Å². The van der Waals surface area contributed by atoms with E-state index < -0.39 is 8.24 Å². The van der Waals surface area contributed by atoms with E-state index in [1.807, 2.05) is 6.07 Å². The molecule has 3 nitrogen and oxygen atoms in total. The van der Waals surface area contributed by atoms with Gasteiger partial charge in [0, 0.05) is 18.6 Å². The number of hydrogen-bond donors (Lipinski definition) is 0. The third-order valence-electron chi connectivity index (χ3n) is 3.97. The zero-order valence-electron chi connectivity index (χ0n) is 14.5. The van der Waals surface area contributed by atoms with Crippen molar-refractivity contribution in [3.05, 3.63) is 35.9 Å². The van der Waals surface area contributed by atoms with E-state index in [2.05, 4.69) is 62.4 Å². The Morgan fingerprint density at radius 1 is 1.14 bits per heavy atom. The SMILES string of the molecule is CC1(C)CC(=O)C/C(=N\N(Cc2ccccc2)[Si](C)(C)C)C1. The first kappa shape index (κ1) is 16.9. The Bertz CT molecular complexity index is 558. The summed E-state index contributed by atoms with van der Waals surface area (Å²) in [4.78, 5) is 12.0. The summed E-state index contributed by atoms with van der Waals surface area (Å²) in [5.41, 5.74) is 2.38. The molecular weight excluding hydrogens is 288 g/mol. The van der Waals surface area contributed by atoms with Gasteiger partial charge in [0.05, 0.1) is 6.54 Å². The molecule has 0 spiro atoms. The molecule has 0 aliphatic heterocycles. The predicted octanol–water partition coefficient (Wildman–Crippen LogP) is 4.46. The van der Waals surface area contributed by atoms with Crippen LogP contribution in [0.4, 0.5) is 0 Å². The largest absolute Gasteiger partial charge is 0.320 e. The minimum absolute atomic E-state index is 0.0476. The van der Waals surface area contributed by atoms with Crippen molar-refractivity contribution < 1.29 is 4.79 Å². The Morgan fingerprint density at radius 3 is 2.32 bits per heavy atom. The van der Waals surface area contributed by atoms with E-state index in [4.69, 9.17) is 5.10 Å². The molecule has 1 aromatic carbocycles. The van der Waals surface area contributed by atoms with E-state index in [1.54, 1.807) is 0 Å². The van der Waals surface area contributed by atoms with Crippen molar-refractivity contribution in [3.63, 3.8) is 0 Å². The highest BCUT2D eigenvalue weighted by Gasteiger charge is 2.32. The number of carbonyl (C=O) groups excluding carboxylic acids is 1. The number of ketones is 1. The quantitative estimate of drug-likeness (QED) is 0.607. The highest BCUT2D eigenvalue weighted by molar-refractivity contribution is 6.73. The molecular formula is C18H28N2OSi. The molecule has 0 radical (unpaired) electrons. The highest BCUT2D eigenvalue weighted by Crippen LogP contribution is 2.32. The van der Waals surface area contributed by atoms with Gasteiger partial charge in [-0.1, -0.05) is 63.8 Å². The summed E-state index contributed by atoms with van der Waals surface area (Å²) < 4.78 is 2.26. The maximum Gasteiger partial charge on any atom is 0.169 e. The topological polar surface area (TPSA) is 32.7 Å². The van der Waals surface area contributed by atoms with E-state index in [-0.39, 0.29) is 5.41 Å². The molecule has 0 aromatic heterocycles. The van der Waals surface area contributed by atoms with Gasteiger partial charge in [0.25, 0.3) is 0 Å². The molecule has 0 N–H and O–H groups in total. The molecule has 1 saturated carbocycles. The van der Waals surface area contributed by atoms with Gasteiger partial charge in [-0.2, -0.15) is 5.10 Å². The normalized spacial score (nSPS) is 20.2. The molecule has 120 valence electrons. The molecule has 1 aromatic rings. The number of hydrazone groups is 1. The molecule has 1 aliphatic carbocycles. The van der Waals surface area contributed by atoms with Gasteiger partial charge in [-0.3, -0.25) is 4.79 Å². The van der Waals surface area contributed by atoms with E-state index in [1.165, 1.54) is 5.56 Å². The number of rotatable bonds is 4. The minimum atomic E-state index is -1.59. The average molecular weight is 317 g/mol. The van der Waals surface area contributed by atoms with Crippen molar-refractivity contribution in [3.8, 4) is 0 Å². The first-order valence-electron chi connectivity index (χ1n) is 8.05. The monoisotopic (exact) mass is 316 g/mol. The number of benzene rings is 1. The second kappa shape index (κ2) is 6.37. The van der Waals surface area contributed by atoms with Crippen LogP contribution in [0.25, 0.3) is 0 Å². The Hall–Kier alpha value is -1.42. The summed E-state index contributed by atoms with van der Waals surface area (Å²) in [6.07, 6.45) is 2.13. The molecule has 22 heavy (non-hydrogen) atoms. The Kier molecular flexibility index (Phi) is 4.90. The lowest BCUT2D eigenvalue weighted by atomic mass is 9.76. The summed E-state index contributed by atoms with van der Waals surface area (Å²) >= 11 is 0. The van der Waals surface area contributed by atoms with Crippen LogP contribution < -0.4 is 0 Å². The number of hydrogen-bond acceptors (Lipinski definition) is 3. The fourth-order valence-electron chi connectivity index (χ4n) is 2.92. The molecule has 1 fully saturated rings. The van der Waals surface area contributed by atoms with Crippen LogP contribution in [0.15, 0.2) is 35.4 Å². The van der Waals surface area contributed by atoms with Crippen molar-refractivity contribution in [1.29, 1.82) is 0 Å². The van der Waals surface area contributed by atoms with Crippen LogP contribution in [-0.2, 0) is 11.3 Å². The summed E-state index contributed by atoms with van der Waals surface area (Å²) in [5, 5.41) is 4.94. The van der Waals surface area contributed by atoms with Gasteiger partial charge in [-0.15, -0.1) is 0 Å². The summed E-state index contributed by atoms with van der Waals surface area (Å²) in [7, 11) is -1.59. The van der Waals surface area contributed by atoms with E-state index in [0.29, 0.717) is 18.6 Å². The van der Waals surface area contributed by atoms with Crippen LogP contribution in [0.2, 0.25) is 19.6 Å². The zero-order valence-corrected chi connectivity index (χ0v) is 15.5. The molecule has 2 rings (SSSR count). The third-order valence-corrected chi connectivity index (χ3v) is 5.78. The smallest absolute Gasteiger partial charge is 0.169 e. The molecule has 4 heteroatoms. The minimum Gasteiger partial charge on any atom is -0.320 e. The fourth-order valence-corrected chi connectivity index (χ4v) is 4.02. The van der Waals surface area contributed by atoms with Crippen LogP contribution in [0.5, 0.6) is 0 Å². The first-order valence-corrected chi connectivity index (χ1v) is 11.5. The van der Waals surface area contributed by atoms with Gasteiger partial charge in [-0.25, -0.2) is 0 Å². The van der Waals surface area contributed by atoms with Crippen LogP contribution in [0, 0.1) is 5.41 Å². The maximum atomic E-state index is 12.0. The molecule has 0 unspecified atom stereocenters. The molecule has 0 heterocycles. The predicted molar refractivity (Wildman–Crippen MR) is 95.4 cm³/mol. The summed E-state index contributed by atoms with van der Waals surface area (Å²) in [5.74, 6) is 0.324. The molecule has 0 bridgehead atoms. The van der Waals surface area contributed by atoms with Gasteiger partial charge in [0.2, 0.25) is 0 Å². The lowest BCUT2D eigenvalue weighted by Gasteiger charge is -2.35. The van der Waals surface area contributed by atoms with Crippen molar-refractivity contribution in [2.45, 2.75) is 59.3 Å². The van der Waals surface area contributed by atoms with Crippen LogP contribution in [0.1, 0.15) is 38.7 Å². The Balaban J connectivity index is 2.23. The lowest BCUT2D eigenvalue weighted by molar-refractivity contribution is -0.120. The second-order valence-corrected chi connectivity index (χ2v) is 13.0. The Morgan fingerprint density at radius 2 is 1.77 bits per heavy atom. The van der Waals surface area contributed by atoms with Crippen LogP contribution in [-0.4, -0.2) is 24.4 Å². The number of carbonyl (C=O) groups is 1. The van der Waals surface area contributed by atoms with Gasteiger partial charge in [-0.05, 0) is 17.4 Å². The fraction of sp³-hybridized carbons (Fsp3) is 0.556. The van der Waals surface area contributed by atoms with Gasteiger partial charge in [0.1, 0.15) is 5.78 Å². The van der Waals surface area contributed by atoms with Crippen molar-refractivity contribution in [2.24, 2.45) is 10.5 Å². The van der Waals surface area contributed by atoms with Crippen LogP contribution >= 0.6 is 0 Å². The molecule has 0 saturated heterocycles. The van der Waals surface area contributed by atoms with Gasteiger partial charge < -0.3 is 4.67 Å². The van der Waals surface area contributed by atoms with Crippen molar-refractivity contribution in [2.75, 3.05) is 0 Å². The molecule has 0 amide bonds. The maximum absolute atomic E-state index is 12.0. The van der Waals surface area contributed by atoms with Crippen molar-refractivity contribution >= 4 is 19.7 Å². The average Bonchev–Trinajstić information content (AvgIpc) is 2.35.